The van der Waals surface area contributed by atoms with Gasteiger partial charge in [0.05, 0.1) is 12.6 Å². The van der Waals surface area contributed by atoms with Crippen LogP contribution in [0.15, 0.2) is 22.9 Å². The number of Topliss-reactive ketones (excluding diaryl/α,β-unsaturated/α-hetero) is 1. The minimum atomic E-state index is -1.71. The van der Waals surface area contributed by atoms with E-state index in [1.165, 1.54) is 11.3 Å². The maximum atomic E-state index is 13.4. The highest BCUT2D eigenvalue weighted by molar-refractivity contribution is 7.07. The first-order valence-corrected chi connectivity index (χ1v) is 8.17. The van der Waals surface area contributed by atoms with Crippen LogP contribution in [-0.2, 0) is 16.1 Å². The van der Waals surface area contributed by atoms with Crippen LogP contribution in [0.2, 0.25) is 0 Å². The third-order valence-corrected chi connectivity index (χ3v) is 4.00. The number of nitrogens with two attached hydrogens (primary N) is 1. The number of ketones is 1. The second kappa shape index (κ2) is 10.5. The lowest BCUT2D eigenvalue weighted by Gasteiger charge is -2.13. The molecule has 1 aromatic carbocycles. The summed E-state index contributed by atoms with van der Waals surface area (Å²) in [5, 5.41) is 3.82. The van der Waals surface area contributed by atoms with Crippen molar-refractivity contribution in [2.24, 2.45) is 5.73 Å². The molecule has 0 amide bonds. The van der Waals surface area contributed by atoms with Crippen molar-refractivity contribution in [3.05, 3.63) is 51.7 Å². The number of hydrogen-bond acceptors (Lipinski definition) is 5. The van der Waals surface area contributed by atoms with E-state index in [1.54, 1.807) is 0 Å². The molecule has 10 heteroatoms. The van der Waals surface area contributed by atoms with Crippen LogP contribution in [0.4, 0.5) is 17.6 Å². The third kappa shape index (κ3) is 5.94. The first-order chi connectivity index (χ1) is 11.9. The quantitative estimate of drug-likeness (QED) is 0.387. The lowest BCUT2D eigenvalue weighted by atomic mass is 10.1. The molecule has 0 spiro atoms. The van der Waals surface area contributed by atoms with Crippen molar-refractivity contribution >= 4 is 29.5 Å². The molecule has 26 heavy (non-hydrogen) atoms. The predicted molar refractivity (Wildman–Crippen MR) is 90.6 cm³/mol. The number of ether oxygens (including phenoxy) is 2. The van der Waals surface area contributed by atoms with E-state index in [9.17, 15) is 22.4 Å². The standard InChI is InChI=1S/C16H15F4NO3S.ClH/c17-10-5-11(18)15(20)16(14(10)19)24-7-13(22)12(21)1-3-23-6-9-2-4-25-8-9;/h2,4-5,8,12H,1,3,6-7,21H2;1H. The Morgan fingerprint density at radius 3 is 2.42 bits per heavy atom. The van der Waals surface area contributed by atoms with Gasteiger partial charge in [0.15, 0.2) is 23.2 Å². The van der Waals surface area contributed by atoms with Crippen LogP contribution in [0, 0.1) is 23.3 Å². The maximum Gasteiger partial charge on any atom is 0.203 e. The summed E-state index contributed by atoms with van der Waals surface area (Å²) in [5.41, 5.74) is 6.63. The summed E-state index contributed by atoms with van der Waals surface area (Å²) in [6.45, 7) is -0.248. The van der Waals surface area contributed by atoms with Crippen molar-refractivity contribution in [2.75, 3.05) is 13.2 Å². The molecule has 1 unspecified atom stereocenters. The van der Waals surface area contributed by atoms with Crippen molar-refractivity contribution in [3.8, 4) is 5.75 Å². The minimum Gasteiger partial charge on any atom is -0.479 e. The fraction of sp³-hybridized carbons (Fsp3) is 0.312. The zero-order chi connectivity index (χ0) is 18.4. The number of halogens is 5. The Morgan fingerprint density at radius 1 is 1.19 bits per heavy atom. The van der Waals surface area contributed by atoms with Crippen LogP contribution in [0.5, 0.6) is 5.75 Å². The smallest absolute Gasteiger partial charge is 0.203 e. The van der Waals surface area contributed by atoms with E-state index in [0.29, 0.717) is 6.61 Å². The zero-order valence-electron chi connectivity index (χ0n) is 13.3. The van der Waals surface area contributed by atoms with Crippen molar-refractivity contribution < 1.29 is 31.8 Å². The Hall–Kier alpha value is -1.68. The van der Waals surface area contributed by atoms with Gasteiger partial charge in [0.1, 0.15) is 6.61 Å². The molecule has 2 rings (SSSR count). The van der Waals surface area contributed by atoms with Crippen LogP contribution >= 0.6 is 23.7 Å². The van der Waals surface area contributed by atoms with E-state index < -0.39 is 47.5 Å². The van der Waals surface area contributed by atoms with Gasteiger partial charge in [-0.25, -0.2) is 8.78 Å². The first-order valence-electron chi connectivity index (χ1n) is 7.23. The summed E-state index contributed by atoms with van der Waals surface area (Å²) in [4.78, 5) is 11.8. The fourth-order valence-electron chi connectivity index (χ4n) is 1.86. The van der Waals surface area contributed by atoms with E-state index in [4.69, 9.17) is 10.5 Å². The summed E-state index contributed by atoms with van der Waals surface area (Å²) in [5.74, 6) is -8.62. The molecular weight excluding hydrogens is 398 g/mol. The average Bonchev–Trinajstić information content (AvgIpc) is 3.10. The molecule has 1 aromatic heterocycles. The molecule has 0 saturated carbocycles. The molecule has 0 bridgehead atoms. The SMILES string of the molecule is Cl.NC(CCOCc1ccsc1)C(=O)COc1c(F)c(F)cc(F)c1F. The van der Waals surface area contributed by atoms with E-state index in [2.05, 4.69) is 4.74 Å². The highest BCUT2D eigenvalue weighted by Gasteiger charge is 2.22. The minimum absolute atomic E-state index is 0. The Bertz CT molecular complexity index is 705. The maximum absolute atomic E-state index is 13.4. The van der Waals surface area contributed by atoms with Gasteiger partial charge in [0.25, 0.3) is 0 Å². The summed E-state index contributed by atoms with van der Waals surface area (Å²) >= 11 is 1.53. The highest BCUT2D eigenvalue weighted by atomic mass is 35.5. The molecular formula is C16H16ClF4NO3S. The van der Waals surface area contributed by atoms with Crippen molar-refractivity contribution in [1.82, 2.24) is 0 Å². The Balaban J connectivity index is 0.00000338. The van der Waals surface area contributed by atoms with Gasteiger partial charge in [-0.2, -0.15) is 20.1 Å². The predicted octanol–water partition coefficient (Wildman–Crippen LogP) is 3.61. The van der Waals surface area contributed by atoms with Crippen LogP contribution in [0.25, 0.3) is 0 Å². The van der Waals surface area contributed by atoms with Crippen LogP contribution < -0.4 is 10.5 Å². The number of hydrogen-bond donors (Lipinski definition) is 1. The number of carbonyl (C=O) groups is 1. The molecule has 2 N–H and O–H groups in total. The van der Waals surface area contributed by atoms with Gasteiger partial charge in [-0.3, -0.25) is 4.79 Å². The lowest BCUT2D eigenvalue weighted by molar-refractivity contribution is -0.122. The molecule has 0 aliphatic carbocycles. The van der Waals surface area contributed by atoms with Crippen molar-refractivity contribution in [3.63, 3.8) is 0 Å². The topological polar surface area (TPSA) is 61.5 Å². The van der Waals surface area contributed by atoms with Crippen molar-refractivity contribution in [1.29, 1.82) is 0 Å². The number of thiophene rings is 1. The first kappa shape index (κ1) is 22.4. The third-order valence-electron chi connectivity index (χ3n) is 3.27. The van der Waals surface area contributed by atoms with Gasteiger partial charge in [-0.15, -0.1) is 12.4 Å². The van der Waals surface area contributed by atoms with Crippen molar-refractivity contribution in [2.45, 2.75) is 19.1 Å². The molecule has 4 nitrogen and oxygen atoms in total. The second-order valence-electron chi connectivity index (χ2n) is 5.13. The number of benzene rings is 1. The van der Waals surface area contributed by atoms with Crippen LogP contribution in [0.3, 0.4) is 0 Å². The molecule has 0 saturated heterocycles. The normalized spacial score (nSPS) is 11.7. The summed E-state index contributed by atoms with van der Waals surface area (Å²) in [6.07, 6.45) is 0.162. The van der Waals surface area contributed by atoms with Gasteiger partial charge in [-0.1, -0.05) is 0 Å². The molecule has 1 heterocycles. The molecule has 2 aromatic rings. The van der Waals surface area contributed by atoms with Gasteiger partial charge < -0.3 is 15.2 Å². The van der Waals surface area contributed by atoms with E-state index >= 15 is 0 Å². The van der Waals surface area contributed by atoms with Crippen LogP contribution in [-0.4, -0.2) is 25.0 Å². The Kier molecular flexibility index (Phi) is 9.00. The highest BCUT2D eigenvalue weighted by Crippen LogP contribution is 2.26. The molecule has 144 valence electrons. The molecule has 0 fully saturated rings. The zero-order valence-corrected chi connectivity index (χ0v) is 15.0. The van der Waals surface area contributed by atoms with Crippen LogP contribution in [0.1, 0.15) is 12.0 Å². The molecule has 0 aliphatic heterocycles. The summed E-state index contributed by atoms with van der Waals surface area (Å²) in [7, 11) is 0. The van der Waals surface area contributed by atoms with Gasteiger partial charge in [0, 0.05) is 12.7 Å². The van der Waals surface area contributed by atoms with Gasteiger partial charge in [0.2, 0.25) is 11.6 Å². The summed E-state index contributed by atoms with van der Waals surface area (Å²) < 4.78 is 62.8. The monoisotopic (exact) mass is 413 g/mol. The molecule has 0 aliphatic rings. The average molecular weight is 414 g/mol. The molecule has 0 radical (unpaired) electrons. The lowest BCUT2D eigenvalue weighted by Crippen LogP contribution is -2.35. The fourth-order valence-corrected chi connectivity index (χ4v) is 2.52. The van der Waals surface area contributed by atoms with Gasteiger partial charge >= 0.3 is 0 Å². The van der Waals surface area contributed by atoms with E-state index in [0.717, 1.165) is 5.56 Å². The largest absolute Gasteiger partial charge is 0.479 e. The number of carbonyl (C=O) groups excluding carboxylic acids is 1. The summed E-state index contributed by atoms with van der Waals surface area (Å²) in [6, 6.07) is 0.952. The van der Waals surface area contributed by atoms with Gasteiger partial charge in [-0.05, 0) is 28.8 Å². The Morgan fingerprint density at radius 2 is 1.85 bits per heavy atom. The molecule has 1 atom stereocenters. The second-order valence-corrected chi connectivity index (χ2v) is 5.91. The van der Waals surface area contributed by atoms with E-state index in [-0.39, 0.29) is 31.5 Å². The van der Waals surface area contributed by atoms with E-state index in [1.807, 2.05) is 16.8 Å². The number of rotatable bonds is 9. The Labute approximate surface area is 157 Å².